The zero-order chi connectivity index (χ0) is 43.9. The smallest absolute Gasteiger partial charge is 0.408 e. The van der Waals surface area contributed by atoms with Crippen LogP contribution in [0.1, 0.15) is 54.4 Å². The molecule has 15 nitrogen and oxygen atoms in total. The second kappa shape index (κ2) is 16.6. The van der Waals surface area contributed by atoms with Crippen LogP contribution in [0.15, 0.2) is 95.2 Å². The first-order valence-corrected chi connectivity index (χ1v) is 22.8. The molecule has 1 aliphatic heterocycles. The van der Waals surface area contributed by atoms with E-state index in [4.69, 9.17) is 19.4 Å². The highest BCUT2D eigenvalue weighted by molar-refractivity contribution is 7.92. The van der Waals surface area contributed by atoms with Crippen LogP contribution in [0.25, 0.3) is 32.2 Å². The molecule has 320 valence electrons. The Morgan fingerprint density at radius 3 is 2.30 bits per heavy atom. The first-order valence-electron chi connectivity index (χ1n) is 19.6. The fourth-order valence-electron chi connectivity index (χ4n) is 7.12. The molecule has 5 aromatic rings. The number of hydrogen-bond acceptors (Lipinski definition) is 13. The fraction of sp³-hybridized carbons (Fsp3) is 0.372. The van der Waals surface area contributed by atoms with Gasteiger partial charge in [-0.3, -0.25) is 19.4 Å². The number of benzene rings is 1. The third-order valence-electron chi connectivity index (χ3n) is 10.2. The first kappa shape index (κ1) is 43.4. The van der Waals surface area contributed by atoms with Crippen LogP contribution in [-0.4, -0.2) is 88.0 Å². The molecule has 0 radical (unpaired) electrons. The summed E-state index contributed by atoms with van der Waals surface area (Å²) < 4.78 is 41.3. The van der Waals surface area contributed by atoms with Gasteiger partial charge in [0.05, 0.1) is 33.0 Å². The molecule has 1 aliphatic carbocycles. The summed E-state index contributed by atoms with van der Waals surface area (Å²) in [6.45, 7) is 14.1. The molecule has 1 saturated heterocycles. The number of amides is 4. The Morgan fingerprint density at radius 2 is 1.67 bits per heavy atom. The van der Waals surface area contributed by atoms with Crippen molar-refractivity contribution in [3.8, 4) is 27.0 Å². The van der Waals surface area contributed by atoms with Crippen molar-refractivity contribution in [2.75, 3.05) is 6.54 Å². The lowest BCUT2D eigenvalue weighted by Gasteiger charge is -2.36. The summed E-state index contributed by atoms with van der Waals surface area (Å²) in [7, 11) is -4.38. The Morgan fingerprint density at radius 1 is 0.951 bits per heavy atom. The van der Waals surface area contributed by atoms with E-state index in [0.29, 0.717) is 27.3 Å². The van der Waals surface area contributed by atoms with Crippen molar-refractivity contribution >= 4 is 67.5 Å². The Kier molecular flexibility index (Phi) is 11.8. The number of pyridine rings is 1. The van der Waals surface area contributed by atoms with Crippen LogP contribution in [-0.2, 0) is 29.1 Å². The summed E-state index contributed by atoms with van der Waals surface area (Å²) in [6, 6.07) is 17.0. The minimum Gasteiger partial charge on any atom is -0.471 e. The Bertz CT molecular complexity index is 2590. The largest absolute Gasteiger partial charge is 0.471 e. The predicted molar refractivity (Wildman–Crippen MR) is 232 cm³/mol. The monoisotopic (exact) mass is 885 g/mol. The van der Waals surface area contributed by atoms with Gasteiger partial charge in [0, 0.05) is 18.5 Å². The molecule has 1 unspecified atom stereocenters. The summed E-state index contributed by atoms with van der Waals surface area (Å²) in [5.74, 6) is -2.68. The van der Waals surface area contributed by atoms with Crippen LogP contribution in [0.3, 0.4) is 0 Å². The van der Waals surface area contributed by atoms with E-state index in [9.17, 15) is 27.6 Å². The number of sulfonamides is 1. The van der Waals surface area contributed by atoms with Gasteiger partial charge >= 0.3 is 6.09 Å². The molecular weight excluding hydrogens is 839 g/mol. The molecule has 61 heavy (non-hydrogen) atoms. The normalized spacial score (nSPS) is 20.7. The molecule has 1 saturated carbocycles. The van der Waals surface area contributed by atoms with Gasteiger partial charge in [-0.1, -0.05) is 51.1 Å². The second-order valence-corrected chi connectivity index (χ2v) is 21.0. The standard InChI is InChI=1S/C43H47N7O8S3/c1-8-25-23-43(25,39(53)49-61(55,56)33-19-18-31(60-33)29-16-11-12-20-44-29)48-36(51)30-22-26(24-50(30)38(52)35(41(2,3)4)47-40(54)58-42(5,6)7)57-37-34(32-17-13-21-59-32)45-27-14-9-10-15-28(27)46-37/h8-21,25-26,30,35H,1,22-24H2,2-7H3,(H,47,54)(H,48,51)(H,49,53)/t25-,26-,30+,35-,43?/m1/s1. The number of alkyl carbamates (subject to hydrolysis) is 1. The van der Waals surface area contributed by atoms with Crippen LogP contribution in [0, 0.1) is 11.3 Å². The summed E-state index contributed by atoms with van der Waals surface area (Å²) in [5, 5.41) is 7.43. The molecule has 2 aliphatic rings. The van der Waals surface area contributed by atoms with E-state index < -0.39 is 74.5 Å². The zero-order valence-electron chi connectivity index (χ0n) is 34.5. The number of nitrogens with zero attached hydrogens (tertiary/aromatic N) is 4. The molecule has 2 fully saturated rings. The minimum absolute atomic E-state index is 0.0422. The maximum Gasteiger partial charge on any atom is 0.408 e. The quantitative estimate of drug-likeness (QED) is 0.118. The number of thiophene rings is 2. The lowest BCUT2D eigenvalue weighted by molar-refractivity contribution is -0.143. The number of nitrogens with one attached hydrogen (secondary N) is 3. The van der Waals surface area contributed by atoms with Gasteiger partial charge in [0.1, 0.15) is 39.2 Å². The van der Waals surface area contributed by atoms with E-state index in [1.54, 1.807) is 78.1 Å². The number of fused-ring (bicyclic) bond motifs is 1. The minimum atomic E-state index is -4.38. The number of hydrogen-bond donors (Lipinski definition) is 3. The molecule has 5 heterocycles. The highest BCUT2D eigenvalue weighted by Crippen LogP contribution is 2.46. The van der Waals surface area contributed by atoms with Crippen LogP contribution in [0.2, 0.25) is 0 Å². The maximum absolute atomic E-state index is 14.7. The number of aromatic nitrogens is 3. The molecule has 4 aromatic heterocycles. The number of rotatable bonds is 12. The third kappa shape index (κ3) is 9.45. The van der Waals surface area contributed by atoms with E-state index >= 15 is 0 Å². The maximum atomic E-state index is 14.7. The molecule has 0 spiro atoms. The fourth-order valence-corrected chi connectivity index (χ4v) is 10.2. The van der Waals surface area contributed by atoms with Gasteiger partial charge in [0.2, 0.25) is 17.7 Å². The van der Waals surface area contributed by atoms with Crippen LogP contribution < -0.4 is 20.1 Å². The number of carbonyl (C=O) groups excluding carboxylic acids is 4. The highest BCUT2D eigenvalue weighted by Gasteiger charge is 2.61. The third-order valence-corrected chi connectivity index (χ3v) is 14.0. The first-order chi connectivity index (χ1) is 28.8. The lowest BCUT2D eigenvalue weighted by atomic mass is 9.85. The topological polar surface area (TPSA) is 199 Å². The van der Waals surface area contributed by atoms with Gasteiger partial charge in [-0.25, -0.2) is 27.9 Å². The van der Waals surface area contributed by atoms with Crippen LogP contribution >= 0.6 is 22.7 Å². The average molecular weight is 886 g/mol. The van der Waals surface area contributed by atoms with E-state index in [-0.39, 0.29) is 29.5 Å². The second-order valence-electron chi connectivity index (χ2n) is 17.0. The van der Waals surface area contributed by atoms with Crippen LogP contribution in [0.4, 0.5) is 4.79 Å². The Labute approximate surface area is 362 Å². The van der Waals surface area contributed by atoms with Gasteiger partial charge in [-0.15, -0.1) is 29.3 Å². The predicted octanol–water partition coefficient (Wildman–Crippen LogP) is 6.34. The molecule has 5 atom stereocenters. The Hall–Kier alpha value is -5.72. The summed E-state index contributed by atoms with van der Waals surface area (Å²) in [4.78, 5) is 73.1. The van der Waals surface area contributed by atoms with Crippen molar-refractivity contribution in [1.82, 2.24) is 35.2 Å². The van der Waals surface area contributed by atoms with Gasteiger partial charge < -0.3 is 25.0 Å². The van der Waals surface area contributed by atoms with E-state index in [1.165, 1.54) is 28.4 Å². The van der Waals surface area contributed by atoms with Crippen LogP contribution in [0.5, 0.6) is 5.88 Å². The number of carbonyl (C=O) groups is 4. The Balaban J connectivity index is 1.18. The van der Waals surface area contributed by atoms with E-state index in [0.717, 1.165) is 16.2 Å². The van der Waals surface area contributed by atoms with E-state index in [1.807, 2.05) is 35.7 Å². The van der Waals surface area contributed by atoms with Crippen molar-refractivity contribution in [3.63, 3.8) is 0 Å². The van der Waals surface area contributed by atoms with Crippen molar-refractivity contribution in [1.29, 1.82) is 0 Å². The highest BCUT2D eigenvalue weighted by atomic mass is 32.2. The SMILES string of the molecule is C=C[C@@H]1CC1(NC(=O)[C@@H]1C[C@@H](Oc2nc3ccccc3nc2-c2cccs2)CN1C(=O)[C@@H](NC(=O)OC(C)(C)C)C(C)(C)C)C(=O)NS(=O)(=O)c1ccc(-c2ccccn2)s1. The van der Waals surface area contributed by atoms with Crippen molar-refractivity contribution in [3.05, 3.63) is 91.0 Å². The van der Waals surface area contributed by atoms with E-state index in [2.05, 4.69) is 26.9 Å². The molecular formula is C43H47N7O8S3. The molecule has 0 bridgehead atoms. The van der Waals surface area contributed by atoms with Gasteiger partial charge in [0.25, 0.3) is 15.9 Å². The van der Waals surface area contributed by atoms with Crippen molar-refractivity contribution < 1.29 is 37.1 Å². The summed E-state index contributed by atoms with van der Waals surface area (Å²) in [5.41, 5.74) is -1.11. The van der Waals surface area contributed by atoms with Gasteiger partial charge in [-0.2, -0.15) is 0 Å². The van der Waals surface area contributed by atoms with Crippen molar-refractivity contribution in [2.45, 2.75) is 87.9 Å². The average Bonchev–Trinajstić information content (AvgIpc) is 3.68. The molecule has 4 amide bonds. The molecule has 1 aromatic carbocycles. The molecule has 7 rings (SSSR count). The number of ether oxygens (including phenoxy) is 2. The lowest BCUT2D eigenvalue weighted by Crippen LogP contribution is -2.60. The number of likely N-dealkylation sites (tertiary alicyclic amines) is 1. The van der Waals surface area contributed by atoms with Gasteiger partial charge in [-0.05, 0) is 80.5 Å². The van der Waals surface area contributed by atoms with Crippen molar-refractivity contribution in [2.24, 2.45) is 11.3 Å². The molecule has 18 heteroatoms. The molecule has 3 N–H and O–H groups in total. The number of para-hydroxylation sites is 2. The summed E-state index contributed by atoms with van der Waals surface area (Å²) >= 11 is 2.39. The summed E-state index contributed by atoms with van der Waals surface area (Å²) in [6.07, 6.45) is 1.47. The zero-order valence-corrected chi connectivity index (χ0v) is 36.9. The van der Waals surface area contributed by atoms with Gasteiger partial charge in [0.15, 0.2) is 0 Å².